The summed E-state index contributed by atoms with van der Waals surface area (Å²) in [5, 5.41) is 11.1. The summed E-state index contributed by atoms with van der Waals surface area (Å²) >= 11 is 8.32. The van der Waals surface area contributed by atoms with Crippen LogP contribution in [0.5, 0.6) is 0 Å². The van der Waals surface area contributed by atoms with Gasteiger partial charge in [0, 0.05) is 16.6 Å². The van der Waals surface area contributed by atoms with E-state index in [1.54, 1.807) is 12.1 Å². The van der Waals surface area contributed by atoms with Crippen molar-refractivity contribution in [3.05, 3.63) is 52.2 Å². The third kappa shape index (κ3) is 4.32. The molecule has 9 heteroatoms. The van der Waals surface area contributed by atoms with Gasteiger partial charge in [-0.25, -0.2) is 0 Å². The van der Waals surface area contributed by atoms with E-state index in [4.69, 9.17) is 21.7 Å². The highest BCUT2D eigenvalue weighted by molar-refractivity contribution is 9.10. The molecule has 2 N–H and O–H groups in total. The summed E-state index contributed by atoms with van der Waals surface area (Å²) < 4.78 is 6.63. The lowest BCUT2D eigenvalue weighted by Gasteiger charge is -2.28. The molecule has 1 aliphatic rings. The van der Waals surface area contributed by atoms with Gasteiger partial charge < -0.3 is 9.52 Å². The summed E-state index contributed by atoms with van der Waals surface area (Å²) in [6.45, 7) is -0.132. The van der Waals surface area contributed by atoms with Crippen LogP contribution in [0.25, 0.3) is 17.4 Å². The first-order chi connectivity index (χ1) is 12.8. The number of hydrogen-bond acceptors (Lipinski definition) is 5. The largest absolute Gasteiger partial charge is 0.481 e. The fraction of sp³-hybridized carbons (Fsp3) is 0.111. The molecule has 1 fully saturated rings. The Balaban J connectivity index is 1.85. The second-order valence-electron chi connectivity index (χ2n) is 5.63. The number of furan rings is 1. The van der Waals surface area contributed by atoms with Crippen LogP contribution in [0.1, 0.15) is 12.2 Å². The smallest absolute Gasteiger partial charge is 0.305 e. The van der Waals surface area contributed by atoms with E-state index in [0.29, 0.717) is 11.5 Å². The maximum atomic E-state index is 12.5. The van der Waals surface area contributed by atoms with Crippen molar-refractivity contribution in [1.29, 1.82) is 0 Å². The van der Waals surface area contributed by atoms with Gasteiger partial charge in [0.05, 0.1) is 6.42 Å². The Hall–Kier alpha value is -2.78. The molecular weight excluding hydrogens is 436 g/mol. The Kier molecular flexibility index (Phi) is 5.52. The molecule has 27 heavy (non-hydrogen) atoms. The molecule has 0 atom stereocenters. The third-order valence-corrected chi connectivity index (χ3v) is 4.63. The summed E-state index contributed by atoms with van der Waals surface area (Å²) in [5.74, 6) is -1.49. The Morgan fingerprint density at radius 3 is 2.59 bits per heavy atom. The average Bonchev–Trinajstić information content (AvgIpc) is 3.07. The third-order valence-electron chi connectivity index (χ3n) is 3.78. The molecule has 0 radical (unpaired) electrons. The van der Waals surface area contributed by atoms with Crippen molar-refractivity contribution in [2.75, 3.05) is 6.54 Å². The van der Waals surface area contributed by atoms with Crippen LogP contribution < -0.4 is 5.32 Å². The number of amides is 2. The normalized spacial score (nSPS) is 16.0. The predicted molar refractivity (Wildman–Crippen MR) is 105 cm³/mol. The van der Waals surface area contributed by atoms with Crippen molar-refractivity contribution in [2.24, 2.45) is 0 Å². The fourth-order valence-electron chi connectivity index (χ4n) is 2.45. The van der Waals surface area contributed by atoms with Crippen LogP contribution in [0.15, 0.2) is 50.9 Å². The minimum atomic E-state index is -1.07. The van der Waals surface area contributed by atoms with E-state index in [-0.39, 0.29) is 23.7 Å². The number of carboxylic acid groups (broad SMARTS) is 1. The Morgan fingerprint density at radius 2 is 1.93 bits per heavy atom. The summed E-state index contributed by atoms with van der Waals surface area (Å²) in [6.07, 6.45) is 1.03. The van der Waals surface area contributed by atoms with Crippen LogP contribution in [-0.4, -0.2) is 39.4 Å². The van der Waals surface area contributed by atoms with Crippen molar-refractivity contribution in [3.63, 3.8) is 0 Å². The van der Waals surface area contributed by atoms with E-state index in [2.05, 4.69) is 21.2 Å². The molecule has 2 amide bonds. The molecule has 0 bridgehead atoms. The van der Waals surface area contributed by atoms with Crippen LogP contribution in [0, 0.1) is 0 Å². The molecule has 0 spiro atoms. The first-order valence-corrected chi connectivity index (χ1v) is 9.01. The summed E-state index contributed by atoms with van der Waals surface area (Å²) in [4.78, 5) is 36.5. The Labute approximate surface area is 167 Å². The lowest BCUT2D eigenvalue weighted by atomic mass is 10.1. The lowest BCUT2D eigenvalue weighted by Crippen LogP contribution is -2.54. The second-order valence-corrected chi connectivity index (χ2v) is 6.93. The zero-order valence-corrected chi connectivity index (χ0v) is 16.2. The highest BCUT2D eigenvalue weighted by Crippen LogP contribution is 2.25. The zero-order chi connectivity index (χ0) is 19.6. The van der Waals surface area contributed by atoms with Gasteiger partial charge in [-0.2, -0.15) is 0 Å². The number of nitrogens with one attached hydrogen (secondary N) is 1. The highest BCUT2D eigenvalue weighted by atomic mass is 79.9. The van der Waals surface area contributed by atoms with Crippen LogP contribution in [0.2, 0.25) is 0 Å². The molecule has 138 valence electrons. The van der Waals surface area contributed by atoms with Crippen molar-refractivity contribution < 1.29 is 23.9 Å². The van der Waals surface area contributed by atoms with E-state index in [0.717, 1.165) is 14.9 Å². The van der Waals surface area contributed by atoms with E-state index in [1.807, 2.05) is 24.3 Å². The fourth-order valence-corrected chi connectivity index (χ4v) is 2.98. The minimum Gasteiger partial charge on any atom is -0.481 e. The molecule has 0 unspecified atom stereocenters. The molecule has 0 saturated carbocycles. The summed E-state index contributed by atoms with van der Waals surface area (Å²) in [7, 11) is 0. The summed E-state index contributed by atoms with van der Waals surface area (Å²) in [6, 6.07) is 10.8. The monoisotopic (exact) mass is 448 g/mol. The van der Waals surface area contributed by atoms with Gasteiger partial charge in [0.25, 0.3) is 11.8 Å². The van der Waals surface area contributed by atoms with Crippen molar-refractivity contribution in [1.82, 2.24) is 10.2 Å². The molecule has 7 nitrogen and oxygen atoms in total. The number of carbonyl (C=O) groups is 3. The molecule has 0 aliphatic carbocycles. The van der Waals surface area contributed by atoms with Gasteiger partial charge in [-0.05, 0) is 42.6 Å². The van der Waals surface area contributed by atoms with E-state index in [9.17, 15) is 14.4 Å². The highest BCUT2D eigenvalue weighted by Gasteiger charge is 2.33. The molecule has 3 rings (SSSR count). The van der Waals surface area contributed by atoms with E-state index >= 15 is 0 Å². The van der Waals surface area contributed by atoms with Crippen LogP contribution >= 0.6 is 28.1 Å². The topological polar surface area (TPSA) is 99.8 Å². The minimum absolute atomic E-state index is 0.113. The number of benzene rings is 1. The first-order valence-electron chi connectivity index (χ1n) is 7.81. The van der Waals surface area contributed by atoms with Gasteiger partial charge in [0.1, 0.15) is 17.1 Å². The number of hydrogen-bond donors (Lipinski definition) is 2. The van der Waals surface area contributed by atoms with Crippen molar-refractivity contribution >= 4 is 57.1 Å². The predicted octanol–water partition coefficient (Wildman–Crippen LogP) is 2.81. The number of carboxylic acids is 1. The number of rotatable bonds is 5. The number of carbonyl (C=O) groups excluding carboxylic acids is 2. The summed E-state index contributed by atoms with van der Waals surface area (Å²) in [5.41, 5.74) is 0.664. The molecular formula is C18H13BrN2O5S. The van der Waals surface area contributed by atoms with Crippen molar-refractivity contribution in [2.45, 2.75) is 6.42 Å². The van der Waals surface area contributed by atoms with Gasteiger partial charge >= 0.3 is 5.97 Å². The van der Waals surface area contributed by atoms with Gasteiger partial charge in [0.15, 0.2) is 5.11 Å². The number of aliphatic carboxylic acids is 1. The number of halogens is 1. The molecule has 2 heterocycles. The van der Waals surface area contributed by atoms with Crippen LogP contribution in [0.4, 0.5) is 0 Å². The molecule has 2 aromatic rings. The SMILES string of the molecule is O=C(O)CCN1C(=O)C(=Cc2ccc(-c3ccc(Br)cc3)o2)C(=O)NC1=S. The second kappa shape index (κ2) is 7.85. The van der Waals surface area contributed by atoms with Gasteiger partial charge in [-0.15, -0.1) is 0 Å². The van der Waals surface area contributed by atoms with Crippen molar-refractivity contribution in [3.8, 4) is 11.3 Å². The maximum Gasteiger partial charge on any atom is 0.305 e. The molecule has 1 aromatic carbocycles. The van der Waals surface area contributed by atoms with Crippen LogP contribution in [0.3, 0.4) is 0 Å². The molecule has 1 aromatic heterocycles. The van der Waals surface area contributed by atoms with Gasteiger partial charge in [-0.3, -0.25) is 24.6 Å². The molecule has 1 saturated heterocycles. The lowest BCUT2D eigenvalue weighted by molar-refractivity contribution is -0.137. The molecule has 1 aliphatic heterocycles. The number of nitrogens with zero attached hydrogens (tertiary/aromatic N) is 1. The van der Waals surface area contributed by atoms with E-state index < -0.39 is 17.8 Å². The standard InChI is InChI=1S/C18H13BrN2O5S/c19-11-3-1-10(2-4-11)14-6-5-12(26-14)9-13-16(24)20-18(27)21(17(13)25)8-7-15(22)23/h1-6,9H,7-8H2,(H,22,23)(H,20,24,27). The van der Waals surface area contributed by atoms with E-state index in [1.165, 1.54) is 6.08 Å². The van der Waals surface area contributed by atoms with Gasteiger partial charge in [0.2, 0.25) is 0 Å². The zero-order valence-electron chi connectivity index (χ0n) is 13.8. The Bertz CT molecular complexity index is 964. The van der Waals surface area contributed by atoms with Crippen LogP contribution in [-0.2, 0) is 14.4 Å². The first kappa shape index (κ1) is 19.0. The average molecular weight is 449 g/mol. The quantitative estimate of drug-likeness (QED) is 0.414. The Morgan fingerprint density at radius 1 is 1.22 bits per heavy atom. The van der Waals surface area contributed by atoms with Gasteiger partial charge in [-0.1, -0.05) is 28.1 Å². The maximum absolute atomic E-state index is 12.5. The number of thiocarbonyl (C=S) groups is 1.